The molecule has 0 aliphatic carbocycles. The summed E-state index contributed by atoms with van der Waals surface area (Å²) >= 11 is 0. The maximum atomic E-state index is 6.07. The van der Waals surface area contributed by atoms with Crippen LogP contribution in [0, 0.1) is 12.8 Å². The Morgan fingerprint density at radius 1 is 1.30 bits per heavy atom. The van der Waals surface area contributed by atoms with Crippen molar-refractivity contribution in [1.29, 1.82) is 0 Å². The summed E-state index contributed by atoms with van der Waals surface area (Å²) in [6.45, 7) is 6.10. The maximum Gasteiger partial charge on any atom is 0.124 e. The van der Waals surface area contributed by atoms with Gasteiger partial charge in [-0.1, -0.05) is 18.2 Å². The van der Waals surface area contributed by atoms with Crippen molar-refractivity contribution in [3.63, 3.8) is 0 Å². The Kier molecular flexibility index (Phi) is 5.61. The second-order valence-corrected chi connectivity index (χ2v) is 6.12. The molecule has 23 heavy (non-hydrogen) atoms. The second-order valence-electron chi connectivity index (χ2n) is 6.12. The number of rotatable bonds is 7. The van der Waals surface area contributed by atoms with Gasteiger partial charge in [-0.15, -0.1) is 0 Å². The van der Waals surface area contributed by atoms with Gasteiger partial charge in [-0.3, -0.25) is 4.98 Å². The van der Waals surface area contributed by atoms with Gasteiger partial charge in [0, 0.05) is 43.6 Å². The van der Waals surface area contributed by atoms with E-state index in [1.165, 1.54) is 16.7 Å². The van der Waals surface area contributed by atoms with Gasteiger partial charge in [0.2, 0.25) is 0 Å². The van der Waals surface area contributed by atoms with Crippen LogP contribution in [0.3, 0.4) is 0 Å². The summed E-state index contributed by atoms with van der Waals surface area (Å²) in [4.78, 5) is 4.14. The standard InChI is InChI=1S/C19H24N2O2/c1-15-4-5-18(12-21-11-16-3-2-7-20-10-16)19(9-15)23-14-17-6-8-22-13-17/h2-5,7,9-10,17,21H,6,8,11-14H2,1H3. The summed E-state index contributed by atoms with van der Waals surface area (Å²) in [7, 11) is 0. The Hall–Kier alpha value is -1.91. The Bertz CT molecular complexity index is 610. The molecule has 4 nitrogen and oxygen atoms in total. The average molecular weight is 312 g/mol. The van der Waals surface area contributed by atoms with Gasteiger partial charge in [-0.2, -0.15) is 0 Å². The van der Waals surface area contributed by atoms with Gasteiger partial charge < -0.3 is 14.8 Å². The monoisotopic (exact) mass is 312 g/mol. The van der Waals surface area contributed by atoms with Crippen LogP contribution in [-0.2, 0) is 17.8 Å². The lowest BCUT2D eigenvalue weighted by Gasteiger charge is -2.15. The Morgan fingerprint density at radius 2 is 2.26 bits per heavy atom. The minimum absolute atomic E-state index is 0.520. The summed E-state index contributed by atoms with van der Waals surface area (Å²) < 4.78 is 11.5. The molecule has 1 atom stereocenters. The van der Waals surface area contributed by atoms with Gasteiger partial charge in [0.05, 0.1) is 13.2 Å². The first-order valence-corrected chi connectivity index (χ1v) is 8.21. The van der Waals surface area contributed by atoms with Crippen LogP contribution < -0.4 is 10.1 Å². The number of aryl methyl sites for hydroxylation is 1. The molecule has 0 spiro atoms. The lowest BCUT2D eigenvalue weighted by molar-refractivity contribution is 0.166. The molecule has 122 valence electrons. The van der Waals surface area contributed by atoms with Crippen LogP contribution in [0.25, 0.3) is 0 Å². The lowest BCUT2D eigenvalue weighted by atomic mass is 10.1. The molecule has 3 rings (SSSR count). The number of nitrogens with one attached hydrogen (secondary N) is 1. The minimum atomic E-state index is 0.520. The van der Waals surface area contributed by atoms with Crippen molar-refractivity contribution in [1.82, 2.24) is 10.3 Å². The van der Waals surface area contributed by atoms with Crippen LogP contribution in [0.1, 0.15) is 23.1 Å². The van der Waals surface area contributed by atoms with Crippen LogP contribution in [0.2, 0.25) is 0 Å². The van der Waals surface area contributed by atoms with Crippen LogP contribution in [0.15, 0.2) is 42.7 Å². The third-order valence-electron chi connectivity index (χ3n) is 4.09. The van der Waals surface area contributed by atoms with E-state index in [1.54, 1.807) is 6.20 Å². The molecule has 1 aromatic heterocycles. The molecule has 1 aliphatic rings. The zero-order chi connectivity index (χ0) is 15.9. The molecule has 0 radical (unpaired) electrons. The molecule has 1 aromatic carbocycles. The van der Waals surface area contributed by atoms with E-state index in [4.69, 9.17) is 9.47 Å². The van der Waals surface area contributed by atoms with Crippen LogP contribution in [-0.4, -0.2) is 24.8 Å². The largest absolute Gasteiger partial charge is 0.493 e. The highest BCUT2D eigenvalue weighted by atomic mass is 16.5. The number of pyridine rings is 1. The van der Waals surface area contributed by atoms with E-state index >= 15 is 0 Å². The molecule has 0 saturated carbocycles. The summed E-state index contributed by atoms with van der Waals surface area (Å²) in [6, 6.07) is 10.4. The highest BCUT2D eigenvalue weighted by Crippen LogP contribution is 2.22. The normalized spacial score (nSPS) is 17.3. The Morgan fingerprint density at radius 3 is 3.04 bits per heavy atom. The molecule has 1 N–H and O–H groups in total. The number of hydrogen-bond acceptors (Lipinski definition) is 4. The van der Waals surface area contributed by atoms with Crippen molar-refractivity contribution < 1.29 is 9.47 Å². The van der Waals surface area contributed by atoms with Gasteiger partial charge in [-0.05, 0) is 36.6 Å². The van der Waals surface area contributed by atoms with E-state index in [2.05, 4.69) is 41.5 Å². The zero-order valence-corrected chi connectivity index (χ0v) is 13.6. The van der Waals surface area contributed by atoms with Crippen LogP contribution >= 0.6 is 0 Å². The fourth-order valence-corrected chi connectivity index (χ4v) is 2.71. The fourth-order valence-electron chi connectivity index (χ4n) is 2.71. The van der Waals surface area contributed by atoms with Crippen molar-refractivity contribution in [3.8, 4) is 5.75 Å². The van der Waals surface area contributed by atoms with Crippen molar-refractivity contribution in [2.45, 2.75) is 26.4 Å². The summed E-state index contributed by atoms with van der Waals surface area (Å²) in [6.07, 6.45) is 4.78. The highest BCUT2D eigenvalue weighted by molar-refractivity contribution is 5.37. The molecule has 1 fully saturated rings. The summed E-state index contributed by atoms with van der Waals surface area (Å²) in [5, 5.41) is 3.46. The number of hydrogen-bond donors (Lipinski definition) is 1. The van der Waals surface area contributed by atoms with E-state index in [0.29, 0.717) is 5.92 Å². The van der Waals surface area contributed by atoms with E-state index in [-0.39, 0.29) is 0 Å². The van der Waals surface area contributed by atoms with Gasteiger partial charge in [0.1, 0.15) is 5.75 Å². The minimum Gasteiger partial charge on any atom is -0.493 e. The summed E-state index contributed by atoms with van der Waals surface area (Å²) in [5.41, 5.74) is 3.60. The van der Waals surface area contributed by atoms with Crippen molar-refractivity contribution in [2.24, 2.45) is 5.92 Å². The lowest BCUT2D eigenvalue weighted by Crippen LogP contribution is -2.16. The first-order chi connectivity index (χ1) is 11.3. The molecule has 1 unspecified atom stereocenters. The molecular weight excluding hydrogens is 288 g/mol. The quantitative estimate of drug-likeness (QED) is 0.853. The van der Waals surface area contributed by atoms with Crippen molar-refractivity contribution in [2.75, 3.05) is 19.8 Å². The molecule has 0 bridgehead atoms. The Balaban J connectivity index is 1.56. The van der Waals surface area contributed by atoms with Crippen molar-refractivity contribution in [3.05, 3.63) is 59.4 Å². The van der Waals surface area contributed by atoms with E-state index in [1.807, 2.05) is 12.3 Å². The first-order valence-electron chi connectivity index (χ1n) is 8.21. The smallest absolute Gasteiger partial charge is 0.124 e. The number of benzene rings is 1. The van der Waals surface area contributed by atoms with Gasteiger partial charge in [-0.25, -0.2) is 0 Å². The molecule has 2 heterocycles. The first kappa shape index (κ1) is 16.0. The molecule has 1 saturated heterocycles. The predicted molar refractivity (Wildman–Crippen MR) is 90.4 cm³/mol. The molecular formula is C19H24N2O2. The van der Waals surface area contributed by atoms with Crippen LogP contribution in [0.4, 0.5) is 0 Å². The zero-order valence-electron chi connectivity index (χ0n) is 13.6. The van der Waals surface area contributed by atoms with E-state index in [9.17, 15) is 0 Å². The molecule has 2 aromatic rings. The van der Waals surface area contributed by atoms with Gasteiger partial charge >= 0.3 is 0 Å². The van der Waals surface area contributed by atoms with Crippen molar-refractivity contribution >= 4 is 0 Å². The van der Waals surface area contributed by atoms with E-state index < -0.39 is 0 Å². The third-order valence-corrected chi connectivity index (χ3v) is 4.09. The molecule has 4 heteroatoms. The number of aromatic nitrogens is 1. The highest BCUT2D eigenvalue weighted by Gasteiger charge is 2.17. The maximum absolute atomic E-state index is 6.07. The van der Waals surface area contributed by atoms with Gasteiger partial charge in [0.25, 0.3) is 0 Å². The van der Waals surface area contributed by atoms with E-state index in [0.717, 1.165) is 45.1 Å². The predicted octanol–water partition coefficient (Wildman–Crippen LogP) is 3.10. The van der Waals surface area contributed by atoms with Gasteiger partial charge in [0.15, 0.2) is 0 Å². The van der Waals surface area contributed by atoms with Crippen LogP contribution in [0.5, 0.6) is 5.75 Å². The number of nitrogens with zero attached hydrogens (tertiary/aromatic N) is 1. The third kappa shape index (κ3) is 4.78. The molecule has 0 amide bonds. The second kappa shape index (κ2) is 8.09. The number of ether oxygens (including phenoxy) is 2. The average Bonchev–Trinajstić information content (AvgIpc) is 3.09. The fraction of sp³-hybridized carbons (Fsp3) is 0.421. The summed E-state index contributed by atoms with van der Waals surface area (Å²) in [5.74, 6) is 1.50. The topological polar surface area (TPSA) is 43.4 Å². The Labute approximate surface area is 137 Å². The molecule has 1 aliphatic heterocycles. The SMILES string of the molecule is Cc1ccc(CNCc2cccnc2)c(OCC2CCOC2)c1.